The Kier molecular flexibility index (Phi) is 3.72. The van der Waals surface area contributed by atoms with Crippen molar-refractivity contribution in [3.8, 4) is 0 Å². The van der Waals surface area contributed by atoms with E-state index in [4.69, 9.17) is 5.11 Å². The molecule has 0 spiro atoms. The van der Waals surface area contributed by atoms with Crippen molar-refractivity contribution < 1.29 is 9.90 Å². The van der Waals surface area contributed by atoms with Crippen molar-refractivity contribution in [2.45, 2.75) is 13.3 Å². The summed E-state index contributed by atoms with van der Waals surface area (Å²) >= 11 is 0. The van der Waals surface area contributed by atoms with E-state index in [1.54, 1.807) is 11.1 Å². The molecule has 0 saturated carbocycles. The molecular formula is C13H15N3O2. The van der Waals surface area contributed by atoms with Gasteiger partial charge in [0, 0.05) is 17.3 Å². The average Bonchev–Trinajstić information content (AvgIpc) is 2.37. The highest BCUT2D eigenvalue weighted by molar-refractivity contribution is 5.92. The first-order valence-corrected chi connectivity index (χ1v) is 5.89. The fourth-order valence-electron chi connectivity index (χ4n) is 1.94. The van der Waals surface area contributed by atoms with Gasteiger partial charge in [-0.05, 0) is 6.42 Å². The lowest BCUT2D eigenvalue weighted by Gasteiger charge is -2.21. The van der Waals surface area contributed by atoms with Gasteiger partial charge in [0.05, 0.1) is 6.20 Å². The zero-order valence-electron chi connectivity index (χ0n) is 10.2. The minimum atomic E-state index is -0.863. The number of nitrogens with zero attached hydrogens (tertiary/aromatic N) is 3. The zero-order chi connectivity index (χ0) is 13.0. The summed E-state index contributed by atoms with van der Waals surface area (Å²) in [4.78, 5) is 12.7. The highest BCUT2D eigenvalue weighted by Crippen LogP contribution is 2.22. The van der Waals surface area contributed by atoms with Crippen molar-refractivity contribution in [1.29, 1.82) is 0 Å². The second-order valence-corrected chi connectivity index (χ2v) is 4.07. The number of fused-ring (bicyclic) bond motifs is 1. The van der Waals surface area contributed by atoms with E-state index in [0.717, 1.165) is 17.2 Å². The maximum atomic E-state index is 10.9. The quantitative estimate of drug-likeness (QED) is 0.871. The van der Waals surface area contributed by atoms with Gasteiger partial charge in [-0.25, -0.2) is 0 Å². The van der Waals surface area contributed by atoms with Gasteiger partial charge in [-0.3, -0.25) is 4.79 Å². The minimum Gasteiger partial charge on any atom is -0.480 e. The van der Waals surface area contributed by atoms with Crippen LogP contribution in [0.3, 0.4) is 0 Å². The Morgan fingerprint density at radius 1 is 1.39 bits per heavy atom. The van der Waals surface area contributed by atoms with E-state index in [2.05, 4.69) is 10.2 Å². The van der Waals surface area contributed by atoms with E-state index in [1.165, 1.54) is 0 Å². The van der Waals surface area contributed by atoms with Crippen molar-refractivity contribution in [2.24, 2.45) is 0 Å². The smallest absolute Gasteiger partial charge is 0.323 e. The Morgan fingerprint density at radius 3 is 2.89 bits per heavy atom. The van der Waals surface area contributed by atoms with Crippen LogP contribution in [0.5, 0.6) is 0 Å². The lowest BCUT2D eigenvalue weighted by Crippen LogP contribution is -2.31. The molecule has 0 fully saturated rings. The van der Waals surface area contributed by atoms with E-state index in [9.17, 15) is 4.79 Å². The number of hydrogen-bond acceptors (Lipinski definition) is 4. The first kappa shape index (κ1) is 12.3. The first-order chi connectivity index (χ1) is 8.72. The van der Waals surface area contributed by atoms with Crippen LogP contribution in [-0.2, 0) is 4.79 Å². The van der Waals surface area contributed by atoms with Gasteiger partial charge in [0.15, 0.2) is 5.82 Å². The number of carboxylic acid groups (broad SMARTS) is 1. The number of anilines is 1. The van der Waals surface area contributed by atoms with Crippen molar-refractivity contribution >= 4 is 22.6 Å². The Hall–Kier alpha value is -2.17. The largest absolute Gasteiger partial charge is 0.480 e. The van der Waals surface area contributed by atoms with Gasteiger partial charge in [-0.15, -0.1) is 5.10 Å². The average molecular weight is 245 g/mol. The fourth-order valence-corrected chi connectivity index (χ4v) is 1.94. The molecule has 5 heteroatoms. The molecule has 0 radical (unpaired) electrons. The summed E-state index contributed by atoms with van der Waals surface area (Å²) in [5, 5.41) is 18.9. The van der Waals surface area contributed by atoms with Gasteiger partial charge in [-0.2, -0.15) is 5.10 Å². The SMILES string of the molecule is CCCN(CC(=O)O)c1nncc2ccccc12. The Balaban J connectivity index is 2.46. The molecule has 94 valence electrons. The van der Waals surface area contributed by atoms with Crippen LogP contribution in [0.4, 0.5) is 5.82 Å². The van der Waals surface area contributed by atoms with Crippen molar-refractivity contribution in [3.05, 3.63) is 30.5 Å². The third-order valence-electron chi connectivity index (χ3n) is 2.67. The molecule has 0 bridgehead atoms. The molecule has 0 amide bonds. The van der Waals surface area contributed by atoms with Gasteiger partial charge < -0.3 is 10.0 Å². The van der Waals surface area contributed by atoms with Crippen LogP contribution >= 0.6 is 0 Å². The van der Waals surface area contributed by atoms with Gasteiger partial charge in [-0.1, -0.05) is 31.2 Å². The molecule has 0 aliphatic heterocycles. The van der Waals surface area contributed by atoms with Crippen LogP contribution in [0.1, 0.15) is 13.3 Å². The molecular weight excluding hydrogens is 230 g/mol. The Labute approximate surface area is 105 Å². The number of aliphatic carboxylic acids is 1. The molecule has 1 heterocycles. The van der Waals surface area contributed by atoms with E-state index in [1.807, 2.05) is 31.2 Å². The molecule has 0 atom stereocenters. The van der Waals surface area contributed by atoms with Crippen LogP contribution in [0.2, 0.25) is 0 Å². The van der Waals surface area contributed by atoms with Crippen LogP contribution in [-0.4, -0.2) is 34.4 Å². The number of benzene rings is 1. The Morgan fingerprint density at radius 2 is 2.17 bits per heavy atom. The fraction of sp³-hybridized carbons (Fsp3) is 0.308. The normalized spacial score (nSPS) is 10.5. The molecule has 1 aromatic heterocycles. The number of rotatable bonds is 5. The lowest BCUT2D eigenvalue weighted by atomic mass is 10.2. The molecule has 0 saturated heterocycles. The third kappa shape index (κ3) is 2.56. The van der Waals surface area contributed by atoms with Crippen LogP contribution < -0.4 is 4.90 Å². The van der Waals surface area contributed by atoms with Crippen molar-refractivity contribution in [3.63, 3.8) is 0 Å². The molecule has 0 aliphatic rings. The summed E-state index contributed by atoms with van der Waals surface area (Å²) in [5.41, 5.74) is 0. The van der Waals surface area contributed by atoms with E-state index in [-0.39, 0.29) is 6.54 Å². The maximum Gasteiger partial charge on any atom is 0.323 e. The summed E-state index contributed by atoms with van der Waals surface area (Å²) in [6, 6.07) is 7.72. The van der Waals surface area contributed by atoms with Crippen molar-refractivity contribution in [1.82, 2.24) is 10.2 Å². The first-order valence-electron chi connectivity index (χ1n) is 5.89. The van der Waals surface area contributed by atoms with Gasteiger partial charge in [0.2, 0.25) is 0 Å². The van der Waals surface area contributed by atoms with E-state index in [0.29, 0.717) is 12.4 Å². The number of hydrogen-bond donors (Lipinski definition) is 1. The van der Waals surface area contributed by atoms with Gasteiger partial charge in [0.25, 0.3) is 0 Å². The van der Waals surface area contributed by atoms with Crippen molar-refractivity contribution in [2.75, 3.05) is 18.0 Å². The summed E-state index contributed by atoms with van der Waals surface area (Å²) < 4.78 is 0. The van der Waals surface area contributed by atoms with Crippen LogP contribution in [0.25, 0.3) is 10.8 Å². The number of carboxylic acids is 1. The number of carbonyl (C=O) groups is 1. The summed E-state index contributed by atoms with van der Waals surface area (Å²) in [6.07, 6.45) is 2.54. The second-order valence-electron chi connectivity index (χ2n) is 4.07. The molecule has 18 heavy (non-hydrogen) atoms. The van der Waals surface area contributed by atoms with Crippen LogP contribution in [0, 0.1) is 0 Å². The predicted octanol–water partition coefficient (Wildman–Crippen LogP) is 1.93. The third-order valence-corrected chi connectivity index (χ3v) is 2.67. The monoisotopic (exact) mass is 245 g/mol. The van der Waals surface area contributed by atoms with E-state index < -0.39 is 5.97 Å². The molecule has 5 nitrogen and oxygen atoms in total. The van der Waals surface area contributed by atoms with Gasteiger partial charge in [0.1, 0.15) is 6.54 Å². The van der Waals surface area contributed by atoms with Gasteiger partial charge >= 0.3 is 5.97 Å². The standard InChI is InChI=1S/C13H15N3O2/c1-2-7-16(9-12(17)18)13-11-6-4-3-5-10(11)8-14-15-13/h3-6,8H,2,7,9H2,1H3,(H,17,18). The topological polar surface area (TPSA) is 66.3 Å². The summed E-state index contributed by atoms with van der Waals surface area (Å²) in [5.74, 6) is -0.226. The van der Waals surface area contributed by atoms with E-state index >= 15 is 0 Å². The molecule has 0 aliphatic carbocycles. The molecule has 2 rings (SSSR count). The molecule has 1 aromatic carbocycles. The maximum absolute atomic E-state index is 10.9. The molecule has 2 aromatic rings. The summed E-state index contributed by atoms with van der Waals surface area (Å²) in [6.45, 7) is 2.60. The highest BCUT2D eigenvalue weighted by atomic mass is 16.4. The second kappa shape index (κ2) is 5.44. The molecule has 1 N–H and O–H groups in total. The number of aromatic nitrogens is 2. The minimum absolute atomic E-state index is 0.0590. The zero-order valence-corrected chi connectivity index (χ0v) is 10.2. The lowest BCUT2D eigenvalue weighted by molar-refractivity contribution is -0.135. The molecule has 0 unspecified atom stereocenters. The predicted molar refractivity (Wildman–Crippen MR) is 69.7 cm³/mol. The summed E-state index contributed by atoms with van der Waals surface area (Å²) in [7, 11) is 0. The van der Waals surface area contributed by atoms with Crippen LogP contribution in [0.15, 0.2) is 30.5 Å². The highest BCUT2D eigenvalue weighted by Gasteiger charge is 2.14. The Bertz CT molecular complexity index is 551.